The van der Waals surface area contributed by atoms with E-state index in [1.807, 2.05) is 61.5 Å². The number of hydrogen-bond donors (Lipinski definition) is 2. The highest BCUT2D eigenvalue weighted by Crippen LogP contribution is 2.21. The summed E-state index contributed by atoms with van der Waals surface area (Å²) in [5, 5.41) is 11.9. The highest BCUT2D eigenvalue weighted by molar-refractivity contribution is 6.32. The van der Waals surface area contributed by atoms with Crippen molar-refractivity contribution in [3.63, 3.8) is 0 Å². The summed E-state index contributed by atoms with van der Waals surface area (Å²) < 4.78 is 6.73. The van der Waals surface area contributed by atoms with Crippen LogP contribution in [0.15, 0.2) is 59.7 Å². The second kappa shape index (κ2) is 9.05. The molecule has 0 saturated heterocycles. The maximum absolute atomic E-state index is 12.0. The predicted octanol–water partition coefficient (Wildman–Crippen LogP) is 3.40. The Morgan fingerprint density at radius 2 is 1.93 bits per heavy atom. The molecule has 0 saturated carbocycles. The first-order chi connectivity index (χ1) is 13.6. The average molecular weight is 398 g/mol. The lowest BCUT2D eigenvalue weighted by atomic mass is 10.3. The number of nitrogens with one attached hydrogen (secondary N) is 2. The molecule has 0 spiro atoms. The molecule has 0 aliphatic heterocycles. The van der Waals surface area contributed by atoms with Gasteiger partial charge >= 0.3 is 0 Å². The highest BCUT2D eigenvalue weighted by Gasteiger charge is 2.13. The van der Waals surface area contributed by atoms with E-state index in [0.717, 1.165) is 17.1 Å². The number of anilines is 1. The lowest BCUT2D eigenvalue weighted by Crippen LogP contribution is -2.25. The Morgan fingerprint density at radius 3 is 2.61 bits per heavy atom. The molecule has 0 fully saturated rings. The number of aryl methyl sites for hydroxylation is 1. The number of carbonyl (C=O) groups is 1. The molecule has 0 aliphatic carbocycles. The number of carbonyl (C=O) groups excluding carboxylic acids is 1. The fraction of sp³-hybridized carbons (Fsp3) is 0.150. The second-order valence-corrected chi connectivity index (χ2v) is 6.27. The summed E-state index contributed by atoms with van der Waals surface area (Å²) in [5.41, 5.74) is 5.49. The number of rotatable bonds is 7. The van der Waals surface area contributed by atoms with Crippen LogP contribution >= 0.6 is 11.6 Å². The fourth-order valence-electron chi connectivity index (χ4n) is 2.50. The van der Waals surface area contributed by atoms with E-state index in [4.69, 9.17) is 16.3 Å². The molecule has 0 unspecified atom stereocenters. The number of para-hydroxylation sites is 1. The van der Waals surface area contributed by atoms with Crippen molar-refractivity contribution in [3.05, 3.63) is 71.0 Å². The summed E-state index contributed by atoms with van der Waals surface area (Å²) in [5.74, 6) is 0.471. The Kier molecular flexibility index (Phi) is 6.29. The van der Waals surface area contributed by atoms with Gasteiger partial charge in [-0.3, -0.25) is 4.79 Å². The summed E-state index contributed by atoms with van der Waals surface area (Å²) in [6.07, 6.45) is 1.50. The van der Waals surface area contributed by atoms with Gasteiger partial charge in [0.2, 0.25) is 0 Å². The van der Waals surface area contributed by atoms with Crippen molar-refractivity contribution in [1.29, 1.82) is 0 Å². The van der Waals surface area contributed by atoms with Crippen molar-refractivity contribution in [1.82, 2.24) is 15.2 Å². The molecule has 144 valence electrons. The number of methoxy groups -OCH3 is 1. The van der Waals surface area contributed by atoms with Gasteiger partial charge in [-0.25, -0.2) is 10.1 Å². The first kappa shape index (κ1) is 19.4. The number of halogens is 1. The van der Waals surface area contributed by atoms with Crippen LogP contribution in [0, 0.1) is 6.92 Å². The number of aromatic nitrogens is 2. The monoisotopic (exact) mass is 397 g/mol. The van der Waals surface area contributed by atoms with E-state index in [9.17, 15) is 4.79 Å². The van der Waals surface area contributed by atoms with Crippen LogP contribution in [0.2, 0.25) is 5.15 Å². The standard InChI is InChI=1S/C20H20ClN5O2/c1-14-18(20(21)26(25-14)16-6-4-3-5-7-16)12-23-24-19(27)13-22-15-8-10-17(28-2)11-9-15/h3-12,22H,13H2,1-2H3,(H,24,27)/b23-12-. The molecule has 0 atom stereocenters. The molecule has 0 bridgehead atoms. The zero-order valence-electron chi connectivity index (χ0n) is 15.5. The number of ether oxygens (including phenoxy) is 1. The van der Waals surface area contributed by atoms with Gasteiger partial charge in [0.25, 0.3) is 5.91 Å². The molecule has 3 aromatic rings. The lowest BCUT2D eigenvalue weighted by Gasteiger charge is -2.06. The zero-order chi connectivity index (χ0) is 19.9. The fourth-order valence-corrected chi connectivity index (χ4v) is 2.82. The van der Waals surface area contributed by atoms with Gasteiger partial charge in [0, 0.05) is 5.69 Å². The van der Waals surface area contributed by atoms with Crippen LogP contribution in [0.1, 0.15) is 11.3 Å². The Balaban J connectivity index is 1.58. The first-order valence-corrected chi connectivity index (χ1v) is 8.96. The van der Waals surface area contributed by atoms with Gasteiger partial charge in [0.1, 0.15) is 10.9 Å². The van der Waals surface area contributed by atoms with Crippen LogP contribution in [-0.2, 0) is 4.79 Å². The molecule has 1 aromatic heterocycles. The number of benzene rings is 2. The van der Waals surface area contributed by atoms with Crippen LogP contribution in [-0.4, -0.2) is 35.6 Å². The van der Waals surface area contributed by atoms with Crippen LogP contribution in [0.4, 0.5) is 5.69 Å². The molecule has 8 heteroatoms. The molecule has 2 N–H and O–H groups in total. The topological polar surface area (TPSA) is 80.5 Å². The van der Waals surface area contributed by atoms with Crippen molar-refractivity contribution < 1.29 is 9.53 Å². The third-order valence-corrected chi connectivity index (χ3v) is 4.34. The number of hydrazone groups is 1. The molecule has 28 heavy (non-hydrogen) atoms. The van der Waals surface area contributed by atoms with Crippen molar-refractivity contribution in [2.24, 2.45) is 5.10 Å². The van der Waals surface area contributed by atoms with Gasteiger partial charge < -0.3 is 10.1 Å². The van der Waals surface area contributed by atoms with Gasteiger partial charge in [-0.05, 0) is 43.3 Å². The van der Waals surface area contributed by atoms with Crippen molar-refractivity contribution >= 4 is 29.4 Å². The largest absolute Gasteiger partial charge is 0.497 e. The molecular weight excluding hydrogens is 378 g/mol. The van der Waals surface area contributed by atoms with Crippen molar-refractivity contribution in [2.45, 2.75) is 6.92 Å². The quantitative estimate of drug-likeness (QED) is 0.473. The third kappa shape index (κ3) is 4.69. The van der Waals surface area contributed by atoms with Crippen LogP contribution < -0.4 is 15.5 Å². The van der Waals surface area contributed by atoms with Crippen LogP contribution in [0.3, 0.4) is 0 Å². The van der Waals surface area contributed by atoms with Gasteiger partial charge in [0.15, 0.2) is 0 Å². The first-order valence-electron chi connectivity index (χ1n) is 8.59. The van der Waals surface area contributed by atoms with Gasteiger partial charge in [-0.1, -0.05) is 29.8 Å². The minimum absolute atomic E-state index is 0.0830. The van der Waals surface area contributed by atoms with Gasteiger partial charge in [0.05, 0.1) is 36.8 Å². The lowest BCUT2D eigenvalue weighted by molar-refractivity contribution is -0.119. The van der Waals surface area contributed by atoms with E-state index in [-0.39, 0.29) is 12.5 Å². The Bertz CT molecular complexity index is 968. The van der Waals surface area contributed by atoms with E-state index in [1.165, 1.54) is 6.21 Å². The molecule has 1 amide bonds. The summed E-state index contributed by atoms with van der Waals surface area (Å²) >= 11 is 6.42. The minimum Gasteiger partial charge on any atom is -0.497 e. The molecular formula is C20H20ClN5O2. The molecule has 1 heterocycles. The molecule has 0 aliphatic rings. The minimum atomic E-state index is -0.281. The van der Waals surface area contributed by atoms with Crippen LogP contribution in [0.5, 0.6) is 5.75 Å². The summed E-state index contributed by atoms with van der Waals surface area (Å²) in [6.45, 7) is 1.92. The normalized spacial score (nSPS) is 10.8. The van der Waals surface area contributed by atoms with E-state index < -0.39 is 0 Å². The smallest absolute Gasteiger partial charge is 0.259 e. The summed E-state index contributed by atoms with van der Waals surface area (Å²) in [7, 11) is 1.60. The average Bonchev–Trinajstić information content (AvgIpc) is 3.01. The van der Waals surface area contributed by atoms with E-state index in [0.29, 0.717) is 16.4 Å². The van der Waals surface area contributed by atoms with E-state index >= 15 is 0 Å². The third-order valence-electron chi connectivity index (χ3n) is 3.97. The van der Waals surface area contributed by atoms with E-state index in [2.05, 4.69) is 20.9 Å². The zero-order valence-corrected chi connectivity index (χ0v) is 16.3. The summed E-state index contributed by atoms with van der Waals surface area (Å²) in [6, 6.07) is 16.8. The van der Waals surface area contributed by atoms with Crippen molar-refractivity contribution in [3.8, 4) is 11.4 Å². The predicted molar refractivity (Wildman–Crippen MR) is 111 cm³/mol. The number of amides is 1. The molecule has 3 rings (SSSR count). The number of hydrogen-bond acceptors (Lipinski definition) is 5. The highest BCUT2D eigenvalue weighted by atomic mass is 35.5. The Morgan fingerprint density at radius 1 is 1.21 bits per heavy atom. The molecule has 7 nitrogen and oxygen atoms in total. The van der Waals surface area contributed by atoms with Crippen LogP contribution in [0.25, 0.3) is 5.69 Å². The van der Waals surface area contributed by atoms with E-state index in [1.54, 1.807) is 11.8 Å². The van der Waals surface area contributed by atoms with Crippen molar-refractivity contribution in [2.75, 3.05) is 19.0 Å². The maximum atomic E-state index is 12.0. The molecule has 2 aromatic carbocycles. The van der Waals surface area contributed by atoms with Gasteiger partial charge in [-0.15, -0.1) is 0 Å². The second-order valence-electron chi connectivity index (χ2n) is 5.91. The SMILES string of the molecule is COc1ccc(NCC(=O)N/N=C\c2c(C)nn(-c3ccccc3)c2Cl)cc1. The summed E-state index contributed by atoms with van der Waals surface area (Å²) in [4.78, 5) is 12.0. The number of nitrogens with zero attached hydrogens (tertiary/aromatic N) is 3. The Labute approximate surface area is 168 Å². The Hall–Kier alpha value is -3.32. The molecule has 0 radical (unpaired) electrons. The maximum Gasteiger partial charge on any atom is 0.259 e. The van der Waals surface area contributed by atoms with Gasteiger partial charge in [-0.2, -0.15) is 10.2 Å².